The van der Waals surface area contributed by atoms with Gasteiger partial charge in [0.25, 0.3) is 0 Å². The second kappa shape index (κ2) is 4.56. The molecule has 2 aliphatic heterocycles. The van der Waals surface area contributed by atoms with Crippen molar-refractivity contribution >= 4 is 0 Å². The molecule has 16 heavy (non-hydrogen) atoms. The summed E-state index contributed by atoms with van der Waals surface area (Å²) < 4.78 is 21.5. The van der Waals surface area contributed by atoms with Gasteiger partial charge in [-0.15, -0.1) is 0 Å². The van der Waals surface area contributed by atoms with E-state index in [-0.39, 0.29) is 25.0 Å². The van der Waals surface area contributed by atoms with Crippen LogP contribution in [0.3, 0.4) is 0 Å². The minimum atomic E-state index is -0.573. The maximum Gasteiger partial charge on any atom is 0.163 e. The topological polar surface area (TPSA) is 60.4 Å². The number of hydroxylamine groups is 2. The standard InChI is InChI=1S/C10H19NO5/c1-10(2)15-8-4-11(12)7(9(8)16-10)5-14-6-13-3/h7-9,12H,4-6H2,1-3H3/t7-,8+,9-/m0/s1. The van der Waals surface area contributed by atoms with Gasteiger partial charge in [-0.05, 0) is 13.8 Å². The molecule has 6 nitrogen and oxygen atoms in total. The van der Waals surface area contributed by atoms with E-state index in [0.29, 0.717) is 13.2 Å². The van der Waals surface area contributed by atoms with Crippen LogP contribution >= 0.6 is 0 Å². The van der Waals surface area contributed by atoms with Gasteiger partial charge in [-0.1, -0.05) is 0 Å². The zero-order chi connectivity index (χ0) is 11.8. The van der Waals surface area contributed by atoms with Crippen molar-refractivity contribution in [2.75, 3.05) is 27.1 Å². The van der Waals surface area contributed by atoms with Gasteiger partial charge in [-0.2, -0.15) is 5.06 Å². The maximum absolute atomic E-state index is 9.72. The molecule has 0 spiro atoms. The van der Waals surface area contributed by atoms with Gasteiger partial charge in [0, 0.05) is 7.11 Å². The van der Waals surface area contributed by atoms with Gasteiger partial charge in [0.2, 0.25) is 0 Å². The van der Waals surface area contributed by atoms with Crippen molar-refractivity contribution in [2.24, 2.45) is 0 Å². The number of rotatable bonds is 4. The quantitative estimate of drug-likeness (QED) is 0.553. The Morgan fingerprint density at radius 3 is 2.88 bits per heavy atom. The van der Waals surface area contributed by atoms with E-state index in [1.807, 2.05) is 13.8 Å². The van der Waals surface area contributed by atoms with E-state index in [4.69, 9.17) is 18.9 Å². The highest BCUT2D eigenvalue weighted by atomic mass is 16.8. The van der Waals surface area contributed by atoms with E-state index in [1.54, 1.807) is 7.11 Å². The smallest absolute Gasteiger partial charge is 0.163 e. The average molecular weight is 233 g/mol. The first-order chi connectivity index (χ1) is 7.53. The molecule has 6 heteroatoms. The second-order valence-electron chi connectivity index (χ2n) is 4.61. The lowest BCUT2D eigenvalue weighted by Crippen LogP contribution is -2.40. The summed E-state index contributed by atoms with van der Waals surface area (Å²) >= 11 is 0. The first-order valence-electron chi connectivity index (χ1n) is 5.41. The van der Waals surface area contributed by atoms with E-state index in [9.17, 15) is 5.21 Å². The summed E-state index contributed by atoms with van der Waals surface area (Å²) in [4.78, 5) is 0. The molecule has 1 N–H and O–H groups in total. The molecular formula is C10H19NO5. The van der Waals surface area contributed by atoms with Crippen molar-refractivity contribution in [2.45, 2.75) is 37.9 Å². The lowest BCUT2D eigenvalue weighted by atomic mass is 10.1. The largest absolute Gasteiger partial charge is 0.359 e. The highest BCUT2D eigenvalue weighted by molar-refractivity contribution is 4.96. The second-order valence-corrected chi connectivity index (χ2v) is 4.61. The molecule has 0 bridgehead atoms. The Morgan fingerprint density at radius 1 is 1.44 bits per heavy atom. The number of nitrogens with zero attached hydrogens (tertiary/aromatic N) is 1. The number of hydrogen-bond acceptors (Lipinski definition) is 6. The summed E-state index contributed by atoms with van der Waals surface area (Å²) in [6, 6.07) is -0.193. The maximum atomic E-state index is 9.72. The van der Waals surface area contributed by atoms with Crippen LogP contribution in [-0.2, 0) is 18.9 Å². The third-order valence-corrected chi connectivity index (χ3v) is 2.84. The van der Waals surface area contributed by atoms with Gasteiger partial charge in [0.1, 0.15) is 19.0 Å². The van der Waals surface area contributed by atoms with Gasteiger partial charge in [-0.3, -0.25) is 0 Å². The van der Waals surface area contributed by atoms with Crippen LogP contribution in [0.15, 0.2) is 0 Å². The summed E-state index contributed by atoms with van der Waals surface area (Å²) in [6.45, 7) is 4.78. The number of hydrogen-bond donors (Lipinski definition) is 1. The van der Waals surface area contributed by atoms with Crippen molar-refractivity contribution in [3.05, 3.63) is 0 Å². The first-order valence-corrected chi connectivity index (χ1v) is 5.41. The van der Waals surface area contributed by atoms with Crippen LogP contribution in [0.2, 0.25) is 0 Å². The molecule has 3 atom stereocenters. The SMILES string of the molecule is COCOC[C@H]1[C@@H]2OC(C)(C)O[C@@H]2CN1O. The molecule has 0 unspecified atom stereocenters. The van der Waals surface area contributed by atoms with E-state index >= 15 is 0 Å². The van der Waals surface area contributed by atoms with Crippen LogP contribution in [0.1, 0.15) is 13.8 Å². The summed E-state index contributed by atoms with van der Waals surface area (Å²) in [5.74, 6) is -0.573. The van der Waals surface area contributed by atoms with Gasteiger partial charge < -0.3 is 24.2 Å². The molecule has 0 radical (unpaired) electrons. The Balaban J connectivity index is 1.91. The summed E-state index contributed by atoms with van der Waals surface area (Å²) in [5, 5.41) is 10.9. The Labute approximate surface area is 95.0 Å². The summed E-state index contributed by atoms with van der Waals surface area (Å²) in [7, 11) is 1.56. The fourth-order valence-electron chi connectivity index (χ4n) is 2.25. The fraction of sp³-hybridized carbons (Fsp3) is 1.00. The number of fused-ring (bicyclic) bond motifs is 1. The molecule has 2 heterocycles. The average Bonchev–Trinajstić information content (AvgIpc) is 2.60. The van der Waals surface area contributed by atoms with E-state index in [0.717, 1.165) is 0 Å². The Bertz CT molecular complexity index is 247. The normalized spacial score (nSPS) is 37.9. The lowest BCUT2D eigenvalue weighted by Gasteiger charge is -2.25. The molecule has 0 aromatic carbocycles. The predicted octanol–water partition coefficient (Wildman–Crippen LogP) is 0.200. The fourth-order valence-corrected chi connectivity index (χ4v) is 2.25. The van der Waals surface area contributed by atoms with Crippen LogP contribution in [0, 0.1) is 0 Å². The van der Waals surface area contributed by atoms with E-state index in [2.05, 4.69) is 0 Å². The molecule has 0 aliphatic carbocycles. The van der Waals surface area contributed by atoms with Crippen molar-refractivity contribution in [3.8, 4) is 0 Å². The third-order valence-electron chi connectivity index (χ3n) is 2.84. The third kappa shape index (κ3) is 2.37. The van der Waals surface area contributed by atoms with Crippen molar-refractivity contribution in [3.63, 3.8) is 0 Å². The zero-order valence-corrected chi connectivity index (χ0v) is 9.88. The Kier molecular flexibility index (Phi) is 3.48. The van der Waals surface area contributed by atoms with E-state index in [1.165, 1.54) is 5.06 Å². The van der Waals surface area contributed by atoms with Gasteiger partial charge in [0.15, 0.2) is 5.79 Å². The molecule has 2 fully saturated rings. The molecule has 2 rings (SSSR count). The van der Waals surface area contributed by atoms with Crippen molar-refractivity contribution in [1.82, 2.24) is 5.06 Å². The van der Waals surface area contributed by atoms with Crippen LogP contribution in [0.5, 0.6) is 0 Å². The van der Waals surface area contributed by atoms with Crippen LogP contribution < -0.4 is 0 Å². The molecule has 2 saturated heterocycles. The van der Waals surface area contributed by atoms with Gasteiger partial charge >= 0.3 is 0 Å². The molecular weight excluding hydrogens is 214 g/mol. The van der Waals surface area contributed by atoms with E-state index < -0.39 is 5.79 Å². The molecule has 2 aliphatic rings. The summed E-state index contributed by atoms with van der Waals surface area (Å²) in [5.41, 5.74) is 0. The Morgan fingerprint density at radius 2 is 2.19 bits per heavy atom. The minimum Gasteiger partial charge on any atom is -0.359 e. The lowest BCUT2D eigenvalue weighted by molar-refractivity contribution is -0.207. The van der Waals surface area contributed by atoms with Crippen LogP contribution in [0.4, 0.5) is 0 Å². The van der Waals surface area contributed by atoms with Gasteiger partial charge in [-0.25, -0.2) is 0 Å². The molecule has 0 aromatic rings. The minimum absolute atomic E-state index is 0.0869. The van der Waals surface area contributed by atoms with Crippen molar-refractivity contribution in [1.29, 1.82) is 0 Å². The molecule has 94 valence electrons. The molecule has 0 amide bonds. The van der Waals surface area contributed by atoms with Crippen molar-refractivity contribution < 1.29 is 24.2 Å². The highest BCUT2D eigenvalue weighted by Crippen LogP contribution is 2.35. The molecule has 0 aromatic heterocycles. The predicted molar refractivity (Wildman–Crippen MR) is 53.9 cm³/mol. The Hall–Kier alpha value is -0.240. The zero-order valence-electron chi connectivity index (χ0n) is 9.88. The van der Waals surface area contributed by atoms with Crippen LogP contribution in [-0.4, -0.2) is 61.4 Å². The first kappa shape index (κ1) is 12.2. The number of ether oxygens (including phenoxy) is 4. The highest BCUT2D eigenvalue weighted by Gasteiger charge is 2.52. The number of methoxy groups -OCH3 is 1. The van der Waals surface area contributed by atoms with Gasteiger partial charge in [0.05, 0.1) is 19.2 Å². The summed E-state index contributed by atoms with van der Waals surface area (Å²) in [6.07, 6.45) is -0.229. The van der Waals surface area contributed by atoms with Crippen LogP contribution in [0.25, 0.3) is 0 Å². The monoisotopic (exact) mass is 233 g/mol. The molecule has 0 saturated carbocycles.